The SMILES string of the molecule is Bc1ccc2c(c1)C(c1ccc(Oc3ccc(N(c4ccc(C)cc4)c4ccc(C=C)cc4)cc3)cc1)(c1ccc(Oc3ccc(N(c4ccc(C)cc4)c4ccc(C=C)cc4)cc3)cc1)c1cc3c(cc1-2)C(CCCC)(CCCC)c1cc(Br)ccc1-3. The fourth-order valence-electron chi connectivity index (χ4n) is 13.7. The highest BCUT2D eigenvalue weighted by molar-refractivity contribution is 9.10. The average Bonchev–Trinajstić information content (AvgIpc) is 1.52. The number of aryl methyl sites for hydroxylation is 2. The molecule has 0 aliphatic heterocycles. The van der Waals surface area contributed by atoms with Crippen molar-refractivity contribution in [1.29, 1.82) is 0 Å². The fourth-order valence-corrected chi connectivity index (χ4v) is 14.1. The van der Waals surface area contributed by atoms with Crippen molar-refractivity contribution in [3.05, 3.63) is 316 Å². The molecule has 13 rings (SSSR count). The van der Waals surface area contributed by atoms with Crippen molar-refractivity contribution in [2.75, 3.05) is 9.80 Å². The van der Waals surface area contributed by atoms with E-state index in [2.05, 4.69) is 317 Å². The van der Waals surface area contributed by atoms with E-state index in [4.69, 9.17) is 9.47 Å². The first-order chi connectivity index (χ1) is 43.0. The molecule has 88 heavy (non-hydrogen) atoms. The summed E-state index contributed by atoms with van der Waals surface area (Å²) in [6.07, 6.45) is 10.6. The standard InChI is InChI=1S/C82H72BBrN2O2/c1-7-11-49-81(50-12-8-2)77-52-62(84)26-48-73(77)75-54-80-76(53-78(75)81)74-47-25-61(83)51-79(74)82(80,59-21-39-69(40-22-59)87-71-43-35-67(36-44-71)85(63-27-13-55(5)14-28-63)65-31-17-57(9-3)18-32-65)60-23-41-70(42-24-60)88-72-45-37-68(38-46-72)86(64-29-15-56(6)16-30-64)66-33-19-58(10-4)20-34-66/h9-10,13-48,51-54H,3-4,7-8,11-12,49-50,83H2,1-2,5-6H3. The summed E-state index contributed by atoms with van der Waals surface area (Å²) in [6, 6.07) is 88.3. The van der Waals surface area contributed by atoms with Crippen molar-refractivity contribution >= 4 is 75.5 Å². The van der Waals surface area contributed by atoms with E-state index in [0.717, 1.165) is 122 Å². The molecule has 0 heterocycles. The van der Waals surface area contributed by atoms with Crippen LogP contribution in [0.3, 0.4) is 0 Å². The second kappa shape index (κ2) is 24.4. The van der Waals surface area contributed by atoms with Gasteiger partial charge < -0.3 is 19.3 Å². The third-order valence-corrected chi connectivity index (χ3v) is 18.7. The highest BCUT2D eigenvalue weighted by Crippen LogP contribution is 2.62. The molecule has 0 radical (unpaired) electrons. The summed E-state index contributed by atoms with van der Waals surface area (Å²) in [5, 5.41) is 0. The van der Waals surface area contributed by atoms with Crippen LogP contribution in [-0.4, -0.2) is 7.85 Å². The maximum atomic E-state index is 6.78. The minimum atomic E-state index is -0.702. The molecule has 0 fully saturated rings. The molecule has 0 spiro atoms. The first-order valence-corrected chi connectivity index (χ1v) is 31.9. The van der Waals surface area contributed by atoms with Crippen LogP contribution in [0.2, 0.25) is 0 Å². The average molecular weight is 1210 g/mol. The van der Waals surface area contributed by atoms with Crippen molar-refractivity contribution in [3.63, 3.8) is 0 Å². The van der Waals surface area contributed by atoms with Gasteiger partial charge in [-0.3, -0.25) is 0 Å². The van der Waals surface area contributed by atoms with Crippen LogP contribution in [0.1, 0.15) is 108 Å². The Hall–Kier alpha value is -9.36. The number of hydrogen-bond acceptors (Lipinski definition) is 4. The van der Waals surface area contributed by atoms with Crippen LogP contribution in [-0.2, 0) is 10.8 Å². The molecular weight excluding hydrogens is 1140 g/mol. The molecule has 4 nitrogen and oxygen atoms in total. The summed E-state index contributed by atoms with van der Waals surface area (Å²) in [6.45, 7) is 16.9. The van der Waals surface area contributed by atoms with Gasteiger partial charge in [-0.2, -0.15) is 0 Å². The van der Waals surface area contributed by atoms with Gasteiger partial charge in [0.05, 0.1) is 5.41 Å². The molecule has 0 atom stereocenters. The van der Waals surface area contributed by atoms with Crippen molar-refractivity contribution < 1.29 is 9.47 Å². The molecule has 2 aliphatic rings. The number of benzene rings is 11. The third-order valence-electron chi connectivity index (χ3n) is 18.2. The lowest BCUT2D eigenvalue weighted by molar-refractivity contribution is 0.414. The van der Waals surface area contributed by atoms with Crippen molar-refractivity contribution in [1.82, 2.24) is 0 Å². The number of anilines is 6. The molecule has 2 aliphatic carbocycles. The molecule has 0 saturated carbocycles. The Morgan fingerprint density at radius 3 is 1.16 bits per heavy atom. The molecule has 6 heteroatoms. The third kappa shape index (κ3) is 10.7. The zero-order valence-corrected chi connectivity index (χ0v) is 52.6. The highest BCUT2D eigenvalue weighted by Gasteiger charge is 2.50. The first-order valence-electron chi connectivity index (χ1n) is 31.1. The van der Waals surface area contributed by atoms with Gasteiger partial charge in [-0.1, -0.05) is 194 Å². The molecular formula is C82H72BBrN2O2. The molecule has 0 aromatic heterocycles. The van der Waals surface area contributed by atoms with Gasteiger partial charge in [0.1, 0.15) is 30.8 Å². The van der Waals surface area contributed by atoms with Gasteiger partial charge in [-0.05, 0) is 239 Å². The topological polar surface area (TPSA) is 24.9 Å². The van der Waals surface area contributed by atoms with Gasteiger partial charge in [0.25, 0.3) is 0 Å². The smallest absolute Gasteiger partial charge is 0.139 e. The van der Waals surface area contributed by atoms with Crippen LogP contribution in [0.15, 0.2) is 260 Å². The molecule has 0 bridgehead atoms. The lowest BCUT2D eigenvalue weighted by Crippen LogP contribution is -2.30. The monoisotopic (exact) mass is 1210 g/mol. The van der Waals surface area contributed by atoms with Gasteiger partial charge in [0.2, 0.25) is 0 Å². The molecule has 432 valence electrons. The predicted molar refractivity (Wildman–Crippen MR) is 377 cm³/mol. The second-order valence-corrected chi connectivity index (χ2v) is 24.8. The number of hydrogen-bond donors (Lipinski definition) is 0. The van der Waals surface area contributed by atoms with E-state index in [1.807, 2.05) is 12.2 Å². The maximum Gasteiger partial charge on any atom is 0.139 e. The van der Waals surface area contributed by atoms with Crippen LogP contribution in [0.4, 0.5) is 34.1 Å². The maximum absolute atomic E-state index is 6.78. The Balaban J connectivity index is 0.895. The van der Waals surface area contributed by atoms with Crippen LogP contribution in [0.5, 0.6) is 23.0 Å². The Morgan fingerprint density at radius 2 is 0.739 bits per heavy atom. The highest BCUT2D eigenvalue weighted by atomic mass is 79.9. The summed E-state index contributed by atoms with van der Waals surface area (Å²) in [4.78, 5) is 4.55. The number of halogens is 1. The molecule has 0 amide bonds. The molecule has 11 aromatic rings. The van der Waals surface area contributed by atoms with E-state index in [-0.39, 0.29) is 5.41 Å². The normalized spacial score (nSPS) is 13.0. The van der Waals surface area contributed by atoms with Crippen LogP contribution >= 0.6 is 15.9 Å². The second-order valence-electron chi connectivity index (χ2n) is 23.9. The van der Waals surface area contributed by atoms with Crippen LogP contribution < -0.4 is 24.7 Å². The zero-order chi connectivity index (χ0) is 60.5. The lowest BCUT2D eigenvalue weighted by Gasteiger charge is -2.35. The Kier molecular flexibility index (Phi) is 16.0. The minimum absolute atomic E-state index is 0.0913. The van der Waals surface area contributed by atoms with E-state index < -0.39 is 5.41 Å². The van der Waals surface area contributed by atoms with E-state index >= 15 is 0 Å². The largest absolute Gasteiger partial charge is 0.457 e. The van der Waals surface area contributed by atoms with Gasteiger partial charge in [0.15, 0.2) is 0 Å². The zero-order valence-electron chi connectivity index (χ0n) is 51.0. The summed E-state index contributed by atoms with van der Waals surface area (Å²) in [5.41, 5.74) is 24.4. The molecule has 0 saturated heterocycles. The van der Waals surface area contributed by atoms with Crippen LogP contribution in [0.25, 0.3) is 34.4 Å². The quantitative estimate of drug-likeness (QED) is 0.0710. The van der Waals surface area contributed by atoms with Gasteiger partial charge in [-0.15, -0.1) is 0 Å². The summed E-state index contributed by atoms with van der Waals surface area (Å²) in [7, 11) is 2.23. The van der Waals surface area contributed by atoms with Gasteiger partial charge >= 0.3 is 0 Å². The Morgan fingerprint density at radius 1 is 0.398 bits per heavy atom. The molecule has 11 aromatic carbocycles. The van der Waals surface area contributed by atoms with Crippen molar-refractivity contribution in [3.8, 4) is 45.3 Å². The summed E-state index contributed by atoms with van der Waals surface area (Å²) in [5.74, 6) is 3.04. The van der Waals surface area contributed by atoms with Crippen molar-refractivity contribution in [2.45, 2.75) is 77.0 Å². The van der Waals surface area contributed by atoms with E-state index in [1.165, 1.54) is 61.1 Å². The van der Waals surface area contributed by atoms with E-state index in [0.29, 0.717) is 0 Å². The summed E-state index contributed by atoms with van der Waals surface area (Å²) >= 11 is 3.95. The first kappa shape index (κ1) is 57.7. The Bertz CT molecular complexity index is 4130. The lowest BCUT2D eigenvalue weighted by atomic mass is 9.66. The Labute approximate surface area is 529 Å². The number of fused-ring (bicyclic) bond motifs is 6. The number of nitrogens with zero attached hydrogens (tertiary/aromatic N) is 2. The van der Waals surface area contributed by atoms with Crippen molar-refractivity contribution in [2.24, 2.45) is 0 Å². The predicted octanol–water partition coefficient (Wildman–Crippen LogP) is 22.1. The van der Waals surface area contributed by atoms with Gasteiger partial charge in [0, 0.05) is 44.0 Å². The van der Waals surface area contributed by atoms with Crippen LogP contribution in [0, 0.1) is 13.8 Å². The molecule has 0 unspecified atom stereocenters. The number of rotatable bonds is 20. The number of unbranched alkanes of at least 4 members (excludes halogenated alkanes) is 2. The summed E-state index contributed by atoms with van der Waals surface area (Å²) < 4.78 is 14.7. The van der Waals surface area contributed by atoms with Gasteiger partial charge in [-0.25, -0.2) is 0 Å². The van der Waals surface area contributed by atoms with E-state index in [1.54, 1.807) is 0 Å². The fraction of sp³-hybridized carbons (Fsp3) is 0.146. The van der Waals surface area contributed by atoms with E-state index in [9.17, 15) is 0 Å². The molecule has 0 N–H and O–H groups in total. The minimum Gasteiger partial charge on any atom is -0.457 e. The number of ether oxygens (including phenoxy) is 2.